The first kappa shape index (κ1) is 17.2. The summed E-state index contributed by atoms with van der Waals surface area (Å²) in [6, 6.07) is 7.68. The van der Waals surface area contributed by atoms with Crippen molar-refractivity contribution in [1.82, 2.24) is 19.4 Å². The lowest BCUT2D eigenvalue weighted by molar-refractivity contribution is -0.117. The van der Waals surface area contributed by atoms with Gasteiger partial charge in [-0.3, -0.25) is 4.79 Å². The number of aromatic nitrogens is 4. The zero-order chi connectivity index (χ0) is 19.8. The van der Waals surface area contributed by atoms with Crippen LogP contribution in [0.1, 0.15) is 24.1 Å². The van der Waals surface area contributed by atoms with E-state index in [1.807, 2.05) is 48.1 Å². The number of nitrogens with zero attached hydrogens (tertiary/aromatic N) is 4. The molecule has 1 aliphatic carbocycles. The summed E-state index contributed by atoms with van der Waals surface area (Å²) < 4.78 is 1.93. The molecule has 2 N–H and O–H groups in total. The quantitative estimate of drug-likeness (QED) is 0.532. The molecule has 1 aliphatic rings. The number of hydrogen-bond acceptors (Lipinski definition) is 5. The Morgan fingerprint density at radius 1 is 1.17 bits per heavy atom. The van der Waals surface area contributed by atoms with Crippen molar-refractivity contribution in [2.45, 2.75) is 12.8 Å². The highest BCUT2D eigenvalue weighted by atomic mass is 16.2. The molecule has 29 heavy (non-hydrogen) atoms. The number of carbonyl (C=O) groups is 1. The zero-order valence-corrected chi connectivity index (χ0v) is 15.8. The molecule has 0 bridgehead atoms. The van der Waals surface area contributed by atoms with Crippen LogP contribution in [0, 0.1) is 17.8 Å². The number of fused-ring (bicyclic) bond motifs is 2. The van der Waals surface area contributed by atoms with Crippen molar-refractivity contribution in [2.75, 3.05) is 17.7 Å². The van der Waals surface area contributed by atoms with Crippen LogP contribution in [0.2, 0.25) is 0 Å². The summed E-state index contributed by atoms with van der Waals surface area (Å²) in [5.74, 6) is 7.68. The Hall–Kier alpha value is -3.92. The third-order valence-corrected chi connectivity index (χ3v) is 4.90. The van der Waals surface area contributed by atoms with Crippen molar-refractivity contribution in [1.29, 1.82) is 0 Å². The lowest BCUT2D eigenvalue weighted by Crippen LogP contribution is -2.14. The van der Waals surface area contributed by atoms with Gasteiger partial charge in [0.15, 0.2) is 0 Å². The van der Waals surface area contributed by atoms with Crippen LogP contribution in [0.25, 0.3) is 16.4 Å². The van der Waals surface area contributed by atoms with E-state index in [4.69, 9.17) is 0 Å². The van der Waals surface area contributed by atoms with Gasteiger partial charge >= 0.3 is 0 Å². The van der Waals surface area contributed by atoms with Gasteiger partial charge in [0.25, 0.3) is 0 Å². The minimum Gasteiger partial charge on any atom is -0.373 e. The fourth-order valence-electron chi connectivity index (χ4n) is 3.20. The van der Waals surface area contributed by atoms with Crippen LogP contribution in [0.3, 0.4) is 0 Å². The number of imidazole rings is 1. The SMILES string of the molecule is CNc1ncc(C#Cc2cn3ccccc3n2)c2cc(NC(=O)C3CC3)ncc12. The van der Waals surface area contributed by atoms with Crippen molar-refractivity contribution in [2.24, 2.45) is 5.92 Å². The first-order valence-corrected chi connectivity index (χ1v) is 9.44. The number of nitrogens with one attached hydrogen (secondary N) is 2. The molecule has 1 amide bonds. The molecule has 5 rings (SSSR count). The molecular weight excluding hydrogens is 364 g/mol. The Kier molecular flexibility index (Phi) is 4.10. The maximum absolute atomic E-state index is 12.1. The summed E-state index contributed by atoms with van der Waals surface area (Å²) in [5, 5.41) is 7.69. The Balaban J connectivity index is 1.56. The maximum atomic E-state index is 12.1. The zero-order valence-electron chi connectivity index (χ0n) is 15.8. The van der Waals surface area contributed by atoms with Crippen LogP contribution < -0.4 is 10.6 Å². The largest absolute Gasteiger partial charge is 0.373 e. The van der Waals surface area contributed by atoms with E-state index in [-0.39, 0.29) is 11.8 Å². The van der Waals surface area contributed by atoms with Gasteiger partial charge < -0.3 is 15.0 Å². The van der Waals surface area contributed by atoms with Gasteiger partial charge in [0.2, 0.25) is 5.91 Å². The lowest BCUT2D eigenvalue weighted by atomic mass is 10.1. The van der Waals surface area contributed by atoms with Crippen molar-refractivity contribution < 1.29 is 4.79 Å². The summed E-state index contributed by atoms with van der Waals surface area (Å²) in [7, 11) is 1.81. The number of anilines is 2. The van der Waals surface area contributed by atoms with Gasteiger partial charge in [0, 0.05) is 48.5 Å². The Morgan fingerprint density at radius 3 is 2.86 bits per heavy atom. The van der Waals surface area contributed by atoms with Crippen LogP contribution in [0.4, 0.5) is 11.6 Å². The van der Waals surface area contributed by atoms with Gasteiger partial charge in [-0.25, -0.2) is 15.0 Å². The first-order valence-electron chi connectivity index (χ1n) is 9.44. The Bertz CT molecular complexity index is 1280. The molecule has 0 radical (unpaired) electrons. The van der Waals surface area contributed by atoms with Crippen molar-refractivity contribution in [3.63, 3.8) is 0 Å². The molecule has 0 aromatic carbocycles. The Labute approximate surface area is 167 Å². The predicted molar refractivity (Wildman–Crippen MR) is 112 cm³/mol. The van der Waals surface area contributed by atoms with Gasteiger partial charge in [-0.15, -0.1) is 0 Å². The second-order valence-electron chi connectivity index (χ2n) is 6.99. The molecule has 7 nitrogen and oxygen atoms in total. The van der Waals surface area contributed by atoms with Gasteiger partial charge in [0.1, 0.15) is 23.0 Å². The highest BCUT2D eigenvalue weighted by Crippen LogP contribution is 2.31. The minimum atomic E-state index is 0.0251. The smallest absolute Gasteiger partial charge is 0.228 e. The maximum Gasteiger partial charge on any atom is 0.228 e. The molecule has 4 aromatic rings. The summed E-state index contributed by atoms with van der Waals surface area (Å²) in [6.45, 7) is 0. The molecule has 0 spiro atoms. The summed E-state index contributed by atoms with van der Waals surface area (Å²) in [6.07, 6.45) is 9.16. The van der Waals surface area contributed by atoms with E-state index >= 15 is 0 Å². The molecule has 142 valence electrons. The number of carbonyl (C=O) groups excluding carboxylic acids is 1. The van der Waals surface area contributed by atoms with E-state index in [2.05, 4.69) is 37.4 Å². The second kappa shape index (κ2) is 6.91. The number of pyridine rings is 3. The predicted octanol–water partition coefficient (Wildman–Crippen LogP) is 3.07. The van der Waals surface area contributed by atoms with Crippen LogP contribution >= 0.6 is 0 Å². The molecule has 1 saturated carbocycles. The fourth-order valence-corrected chi connectivity index (χ4v) is 3.20. The highest BCUT2D eigenvalue weighted by Gasteiger charge is 2.29. The average molecular weight is 382 g/mol. The first-order chi connectivity index (χ1) is 14.2. The molecule has 4 heterocycles. The van der Waals surface area contributed by atoms with Crippen molar-refractivity contribution in [3.05, 3.63) is 60.3 Å². The number of rotatable bonds is 3. The molecule has 0 unspecified atom stereocenters. The Morgan fingerprint density at radius 2 is 2.07 bits per heavy atom. The van der Waals surface area contributed by atoms with E-state index < -0.39 is 0 Å². The van der Waals surface area contributed by atoms with Crippen molar-refractivity contribution >= 4 is 34.0 Å². The number of amides is 1. The molecule has 0 aliphatic heterocycles. The molecular formula is C22H18N6O. The topological polar surface area (TPSA) is 84.2 Å². The van der Waals surface area contributed by atoms with E-state index in [1.54, 1.807) is 12.4 Å². The van der Waals surface area contributed by atoms with Gasteiger partial charge in [0.05, 0.1) is 5.56 Å². The van der Waals surface area contributed by atoms with Crippen LogP contribution in [-0.4, -0.2) is 32.3 Å². The molecule has 1 fully saturated rings. The normalized spacial score (nSPS) is 13.1. The van der Waals surface area contributed by atoms with E-state index in [0.717, 1.165) is 34.8 Å². The van der Waals surface area contributed by atoms with Gasteiger partial charge in [-0.2, -0.15) is 0 Å². The fraction of sp³-hybridized carbons (Fsp3) is 0.182. The van der Waals surface area contributed by atoms with Gasteiger partial charge in [-0.1, -0.05) is 12.0 Å². The van der Waals surface area contributed by atoms with E-state index in [0.29, 0.717) is 17.3 Å². The van der Waals surface area contributed by atoms with E-state index in [1.165, 1.54) is 0 Å². The van der Waals surface area contributed by atoms with Crippen molar-refractivity contribution in [3.8, 4) is 11.8 Å². The van der Waals surface area contributed by atoms with Crippen LogP contribution in [0.15, 0.2) is 49.1 Å². The third-order valence-electron chi connectivity index (χ3n) is 4.90. The summed E-state index contributed by atoms with van der Waals surface area (Å²) >= 11 is 0. The third kappa shape index (κ3) is 3.36. The van der Waals surface area contributed by atoms with Crippen LogP contribution in [-0.2, 0) is 4.79 Å². The highest BCUT2D eigenvalue weighted by molar-refractivity contribution is 5.99. The lowest BCUT2D eigenvalue weighted by Gasteiger charge is -2.09. The molecule has 7 heteroatoms. The summed E-state index contributed by atoms with van der Waals surface area (Å²) in [5.41, 5.74) is 2.28. The molecule has 0 atom stereocenters. The standard InChI is InChI=1S/C22H18N6O/c1-23-21-18-12-24-19(27-22(29)14-5-6-14)10-17(18)15(11-25-21)7-8-16-13-28-9-3-2-4-20(28)26-16/h2-4,9-14H,5-6H2,1H3,(H,23,25)(H,24,27,29). The minimum absolute atomic E-state index is 0.0251. The number of hydrogen-bond donors (Lipinski definition) is 2. The molecule has 0 saturated heterocycles. The monoisotopic (exact) mass is 382 g/mol. The second-order valence-corrected chi connectivity index (χ2v) is 6.99. The molecule has 4 aromatic heterocycles. The summed E-state index contributed by atoms with van der Waals surface area (Å²) in [4.78, 5) is 25.4. The average Bonchev–Trinajstić information content (AvgIpc) is 3.51. The van der Waals surface area contributed by atoms with Crippen LogP contribution in [0.5, 0.6) is 0 Å². The van der Waals surface area contributed by atoms with Gasteiger partial charge in [-0.05, 0) is 37.0 Å². The van der Waals surface area contributed by atoms with E-state index in [9.17, 15) is 4.79 Å².